The number of carbonyl (C=O) groups is 3. The van der Waals surface area contributed by atoms with Gasteiger partial charge < -0.3 is 9.15 Å². The van der Waals surface area contributed by atoms with Crippen molar-refractivity contribution in [3.63, 3.8) is 0 Å². The average Bonchev–Trinajstić information content (AvgIpc) is 3.00. The number of rotatable bonds is 5. The summed E-state index contributed by atoms with van der Waals surface area (Å²) in [5.41, 5.74) is 0.391. The summed E-state index contributed by atoms with van der Waals surface area (Å²) < 4.78 is 10.3. The molecule has 22 heavy (non-hydrogen) atoms. The Balaban J connectivity index is 2.09. The molecule has 7 nitrogen and oxygen atoms in total. The van der Waals surface area contributed by atoms with Gasteiger partial charge in [-0.2, -0.15) is 4.98 Å². The summed E-state index contributed by atoms with van der Waals surface area (Å²) in [5, 5.41) is 0.0301. The Bertz CT molecular complexity index is 598. The molecule has 0 aliphatic carbocycles. The van der Waals surface area contributed by atoms with Gasteiger partial charge in [-0.3, -0.25) is 14.5 Å². The van der Waals surface area contributed by atoms with E-state index in [9.17, 15) is 14.4 Å². The highest BCUT2D eigenvalue weighted by Gasteiger charge is 2.34. The first-order valence-electron chi connectivity index (χ1n) is 7.00. The van der Waals surface area contributed by atoms with E-state index < -0.39 is 5.97 Å². The maximum Gasteiger partial charge on any atom is 0.376 e. The number of nitrogens with zero attached hydrogens (tertiary/aromatic N) is 2. The lowest BCUT2D eigenvalue weighted by molar-refractivity contribution is -0.117. The molecule has 0 bridgehead atoms. The number of hydrogen-bond donors (Lipinski definition) is 0. The Morgan fingerprint density at radius 3 is 2.86 bits per heavy atom. The van der Waals surface area contributed by atoms with Crippen molar-refractivity contribution < 1.29 is 23.5 Å². The van der Waals surface area contributed by atoms with Gasteiger partial charge in [0.15, 0.2) is 5.12 Å². The lowest BCUT2D eigenvalue weighted by Gasteiger charge is -2.11. The molecular weight excluding hydrogens is 308 g/mol. The van der Waals surface area contributed by atoms with Crippen LogP contribution in [0.5, 0.6) is 0 Å². The highest BCUT2D eigenvalue weighted by Crippen LogP contribution is 2.28. The molecule has 1 amide bonds. The second-order valence-electron chi connectivity index (χ2n) is 5.01. The van der Waals surface area contributed by atoms with Crippen LogP contribution in [0.25, 0.3) is 0 Å². The first kappa shape index (κ1) is 16.5. The molecule has 1 aliphatic heterocycles. The number of esters is 1. The van der Waals surface area contributed by atoms with E-state index in [1.54, 1.807) is 13.8 Å². The molecule has 0 N–H and O–H groups in total. The Kier molecular flexibility index (Phi) is 5.23. The van der Waals surface area contributed by atoms with Gasteiger partial charge >= 0.3 is 12.0 Å². The van der Waals surface area contributed by atoms with Crippen LogP contribution in [0.4, 0.5) is 6.01 Å². The van der Waals surface area contributed by atoms with E-state index in [4.69, 9.17) is 9.15 Å². The van der Waals surface area contributed by atoms with Crippen molar-refractivity contribution in [3.8, 4) is 0 Å². The Morgan fingerprint density at radius 2 is 2.23 bits per heavy atom. The van der Waals surface area contributed by atoms with Gasteiger partial charge in [0.05, 0.1) is 12.3 Å². The molecule has 1 saturated heterocycles. The number of oxazole rings is 1. The molecule has 0 aromatic carbocycles. The van der Waals surface area contributed by atoms with E-state index in [0.29, 0.717) is 24.4 Å². The highest BCUT2D eigenvalue weighted by atomic mass is 32.2. The van der Waals surface area contributed by atoms with Gasteiger partial charge in [-0.25, -0.2) is 4.79 Å². The summed E-state index contributed by atoms with van der Waals surface area (Å²) in [6, 6.07) is 0.112. The SMILES string of the molecule is CCOC(=O)c1oc(N2CC(CSC(C)=O)CC2=O)nc1C. The molecule has 1 aromatic heterocycles. The van der Waals surface area contributed by atoms with Crippen LogP contribution in [0.1, 0.15) is 36.5 Å². The summed E-state index contributed by atoms with van der Waals surface area (Å²) in [6.45, 7) is 5.50. The third kappa shape index (κ3) is 3.68. The zero-order chi connectivity index (χ0) is 16.3. The summed E-state index contributed by atoms with van der Waals surface area (Å²) in [4.78, 5) is 40.3. The van der Waals surface area contributed by atoms with Crippen LogP contribution in [0.15, 0.2) is 4.42 Å². The summed E-state index contributed by atoms with van der Waals surface area (Å²) in [5.74, 6) is -0.0344. The summed E-state index contributed by atoms with van der Waals surface area (Å²) >= 11 is 1.20. The van der Waals surface area contributed by atoms with Crippen molar-refractivity contribution in [2.24, 2.45) is 5.92 Å². The lowest BCUT2D eigenvalue weighted by atomic mass is 10.1. The third-order valence-corrected chi connectivity index (χ3v) is 4.25. The fourth-order valence-corrected chi connectivity index (χ4v) is 2.89. The molecule has 1 aliphatic rings. The molecule has 1 unspecified atom stereocenters. The van der Waals surface area contributed by atoms with E-state index in [-0.39, 0.29) is 35.3 Å². The van der Waals surface area contributed by atoms with Crippen LogP contribution < -0.4 is 4.90 Å². The number of hydrogen-bond acceptors (Lipinski definition) is 7. The number of anilines is 1. The van der Waals surface area contributed by atoms with Crippen LogP contribution in [0, 0.1) is 12.8 Å². The minimum atomic E-state index is -0.589. The Hall–Kier alpha value is -1.83. The number of aryl methyl sites for hydroxylation is 1. The molecule has 0 spiro atoms. The van der Waals surface area contributed by atoms with Gasteiger partial charge in [0.2, 0.25) is 11.7 Å². The zero-order valence-corrected chi connectivity index (χ0v) is 13.6. The van der Waals surface area contributed by atoms with Gasteiger partial charge in [-0.1, -0.05) is 11.8 Å². The van der Waals surface area contributed by atoms with E-state index in [0.717, 1.165) is 0 Å². The van der Waals surface area contributed by atoms with Gasteiger partial charge in [0, 0.05) is 25.6 Å². The number of thioether (sulfide) groups is 1. The molecule has 0 saturated carbocycles. The average molecular weight is 326 g/mol. The number of carbonyl (C=O) groups excluding carboxylic acids is 3. The van der Waals surface area contributed by atoms with Crippen molar-refractivity contribution in [2.75, 3.05) is 23.8 Å². The predicted octanol–water partition coefficient (Wildman–Crippen LogP) is 1.79. The fraction of sp³-hybridized carbons (Fsp3) is 0.571. The van der Waals surface area contributed by atoms with Gasteiger partial charge in [0.1, 0.15) is 0 Å². The van der Waals surface area contributed by atoms with Crippen molar-refractivity contribution in [1.29, 1.82) is 0 Å². The van der Waals surface area contributed by atoms with Crippen molar-refractivity contribution in [2.45, 2.75) is 27.2 Å². The fourth-order valence-electron chi connectivity index (χ4n) is 2.20. The molecule has 1 fully saturated rings. The first-order chi connectivity index (χ1) is 10.4. The standard InChI is InChI=1S/C14H18N2O5S/c1-4-20-13(19)12-8(2)15-14(21-12)16-6-10(5-11(16)18)7-22-9(3)17/h10H,4-7H2,1-3H3. The Labute approximate surface area is 132 Å². The second kappa shape index (κ2) is 6.95. The highest BCUT2D eigenvalue weighted by molar-refractivity contribution is 8.13. The molecule has 120 valence electrons. The van der Waals surface area contributed by atoms with Crippen molar-refractivity contribution in [1.82, 2.24) is 4.98 Å². The summed E-state index contributed by atoms with van der Waals surface area (Å²) in [6.07, 6.45) is 0.344. The number of ether oxygens (including phenoxy) is 1. The molecular formula is C14H18N2O5S. The molecule has 2 rings (SSSR count). The van der Waals surface area contributed by atoms with Crippen LogP contribution >= 0.6 is 11.8 Å². The Morgan fingerprint density at radius 1 is 1.50 bits per heavy atom. The van der Waals surface area contributed by atoms with Crippen LogP contribution in [0.3, 0.4) is 0 Å². The number of amides is 1. The van der Waals surface area contributed by atoms with E-state index in [1.807, 2.05) is 0 Å². The molecule has 1 aromatic rings. The second-order valence-corrected chi connectivity index (χ2v) is 6.21. The maximum absolute atomic E-state index is 12.1. The molecule has 2 heterocycles. The molecule has 0 radical (unpaired) electrons. The quantitative estimate of drug-likeness (QED) is 0.762. The smallest absolute Gasteiger partial charge is 0.376 e. The van der Waals surface area contributed by atoms with Crippen LogP contribution in [-0.4, -0.2) is 40.9 Å². The largest absolute Gasteiger partial charge is 0.460 e. The van der Waals surface area contributed by atoms with E-state index in [1.165, 1.54) is 23.6 Å². The lowest BCUT2D eigenvalue weighted by Crippen LogP contribution is -2.25. The predicted molar refractivity (Wildman–Crippen MR) is 80.8 cm³/mol. The molecule has 1 atom stereocenters. The first-order valence-corrected chi connectivity index (χ1v) is 7.99. The topological polar surface area (TPSA) is 89.7 Å². The van der Waals surface area contributed by atoms with Crippen molar-refractivity contribution in [3.05, 3.63) is 11.5 Å². The van der Waals surface area contributed by atoms with Gasteiger partial charge in [-0.05, 0) is 19.8 Å². The maximum atomic E-state index is 12.1. The van der Waals surface area contributed by atoms with Gasteiger partial charge in [0.25, 0.3) is 0 Å². The minimum absolute atomic E-state index is 0.0196. The normalized spacial score (nSPS) is 17.9. The van der Waals surface area contributed by atoms with E-state index in [2.05, 4.69) is 4.98 Å². The summed E-state index contributed by atoms with van der Waals surface area (Å²) in [7, 11) is 0. The van der Waals surface area contributed by atoms with Crippen LogP contribution in [-0.2, 0) is 14.3 Å². The minimum Gasteiger partial charge on any atom is -0.460 e. The molecule has 8 heteroatoms. The van der Waals surface area contributed by atoms with E-state index >= 15 is 0 Å². The van der Waals surface area contributed by atoms with Crippen molar-refractivity contribution >= 4 is 34.8 Å². The monoisotopic (exact) mass is 326 g/mol. The van der Waals surface area contributed by atoms with Gasteiger partial charge in [-0.15, -0.1) is 0 Å². The number of aromatic nitrogens is 1. The van der Waals surface area contributed by atoms with Crippen LogP contribution in [0.2, 0.25) is 0 Å². The zero-order valence-electron chi connectivity index (χ0n) is 12.7. The third-order valence-electron chi connectivity index (χ3n) is 3.20.